The summed E-state index contributed by atoms with van der Waals surface area (Å²) in [7, 11) is 0. The summed E-state index contributed by atoms with van der Waals surface area (Å²) in [4.78, 5) is 12.5. The lowest BCUT2D eigenvalue weighted by atomic mass is 10.1. The smallest absolute Gasteiger partial charge is 0.416 e. The van der Waals surface area contributed by atoms with Crippen molar-refractivity contribution in [2.45, 2.75) is 19.8 Å². The van der Waals surface area contributed by atoms with E-state index >= 15 is 0 Å². The number of carbonyl (C=O) groups excluding carboxylic acids is 1. The number of halogens is 3. The van der Waals surface area contributed by atoms with Gasteiger partial charge in [-0.05, 0) is 48.9 Å². The van der Waals surface area contributed by atoms with Crippen LogP contribution in [0, 0.1) is 6.92 Å². The Labute approximate surface area is 187 Å². The maximum absolute atomic E-state index is 12.6. The van der Waals surface area contributed by atoms with Crippen LogP contribution in [-0.2, 0) is 6.54 Å². The highest BCUT2D eigenvalue weighted by molar-refractivity contribution is 5.94. The SMILES string of the molecule is Cc1ccccc1-c1nnc(-c2ccc(C(=O)NCc3ccccc3OC(F)(F)F)cc2)o1. The van der Waals surface area contributed by atoms with E-state index in [1.165, 1.54) is 18.2 Å². The Kier molecular flexibility index (Phi) is 6.12. The van der Waals surface area contributed by atoms with Gasteiger partial charge in [0.2, 0.25) is 11.8 Å². The van der Waals surface area contributed by atoms with Crippen molar-refractivity contribution in [1.82, 2.24) is 15.5 Å². The molecule has 0 aliphatic rings. The first-order valence-electron chi connectivity index (χ1n) is 9.92. The van der Waals surface area contributed by atoms with Gasteiger partial charge in [0.25, 0.3) is 5.91 Å². The first kappa shape index (κ1) is 22.1. The van der Waals surface area contributed by atoms with Crippen LogP contribution < -0.4 is 10.1 Å². The fourth-order valence-electron chi connectivity index (χ4n) is 3.18. The largest absolute Gasteiger partial charge is 0.573 e. The van der Waals surface area contributed by atoms with Gasteiger partial charge in [-0.25, -0.2) is 0 Å². The van der Waals surface area contributed by atoms with Crippen LogP contribution in [0.1, 0.15) is 21.5 Å². The van der Waals surface area contributed by atoms with E-state index in [-0.39, 0.29) is 17.9 Å². The van der Waals surface area contributed by atoms with Crippen molar-refractivity contribution in [2.75, 3.05) is 0 Å². The number of ether oxygens (including phenoxy) is 1. The fourth-order valence-corrected chi connectivity index (χ4v) is 3.18. The van der Waals surface area contributed by atoms with Crippen molar-refractivity contribution in [2.24, 2.45) is 0 Å². The van der Waals surface area contributed by atoms with Gasteiger partial charge >= 0.3 is 6.36 Å². The normalized spacial score (nSPS) is 11.3. The van der Waals surface area contributed by atoms with Crippen LogP contribution in [-0.4, -0.2) is 22.5 Å². The molecule has 0 bridgehead atoms. The van der Waals surface area contributed by atoms with Crippen LogP contribution in [0.3, 0.4) is 0 Å². The average molecular weight is 453 g/mol. The summed E-state index contributed by atoms with van der Waals surface area (Å²) in [5.74, 6) is -0.112. The number of hydrogen-bond acceptors (Lipinski definition) is 5. The molecule has 0 aliphatic carbocycles. The number of aromatic nitrogens is 2. The van der Waals surface area contributed by atoms with Gasteiger partial charge in [-0.1, -0.05) is 36.4 Å². The van der Waals surface area contributed by atoms with Crippen LogP contribution in [0.15, 0.2) is 77.2 Å². The number of para-hydroxylation sites is 1. The molecule has 3 aromatic carbocycles. The van der Waals surface area contributed by atoms with Crippen LogP contribution >= 0.6 is 0 Å². The molecule has 1 amide bonds. The standard InChI is InChI=1S/C24H18F3N3O3/c1-15-6-2-4-8-19(15)23-30-29-22(32-23)17-12-10-16(11-13-17)21(31)28-14-18-7-3-5-9-20(18)33-24(25,26)27/h2-13H,14H2,1H3,(H,28,31). The molecule has 33 heavy (non-hydrogen) atoms. The van der Waals surface area contributed by atoms with Crippen molar-refractivity contribution >= 4 is 5.91 Å². The molecule has 1 N–H and O–H groups in total. The summed E-state index contributed by atoms with van der Waals surface area (Å²) >= 11 is 0. The van der Waals surface area contributed by atoms with Gasteiger partial charge in [-0.2, -0.15) is 0 Å². The minimum atomic E-state index is -4.82. The molecule has 9 heteroatoms. The molecule has 0 spiro atoms. The number of nitrogens with zero attached hydrogens (tertiary/aromatic N) is 2. The van der Waals surface area contributed by atoms with Crippen LogP contribution in [0.25, 0.3) is 22.9 Å². The Balaban J connectivity index is 1.43. The molecule has 0 aliphatic heterocycles. The molecular weight excluding hydrogens is 435 g/mol. The van der Waals surface area contributed by atoms with Crippen molar-refractivity contribution in [3.05, 3.63) is 89.5 Å². The molecular formula is C24H18F3N3O3. The lowest BCUT2D eigenvalue weighted by Gasteiger charge is -2.13. The van der Waals surface area contributed by atoms with Gasteiger partial charge in [0.15, 0.2) is 0 Å². The third kappa shape index (κ3) is 5.38. The zero-order valence-electron chi connectivity index (χ0n) is 17.4. The van der Waals surface area contributed by atoms with E-state index in [9.17, 15) is 18.0 Å². The highest BCUT2D eigenvalue weighted by Gasteiger charge is 2.32. The second-order valence-corrected chi connectivity index (χ2v) is 7.14. The zero-order valence-corrected chi connectivity index (χ0v) is 17.4. The second kappa shape index (κ2) is 9.15. The van der Waals surface area contributed by atoms with E-state index in [1.54, 1.807) is 30.3 Å². The Morgan fingerprint density at radius 1 is 0.939 bits per heavy atom. The molecule has 168 valence electrons. The first-order valence-corrected chi connectivity index (χ1v) is 9.92. The Morgan fingerprint density at radius 2 is 1.61 bits per heavy atom. The predicted octanol–water partition coefficient (Wildman–Crippen LogP) is 5.54. The third-order valence-corrected chi connectivity index (χ3v) is 4.83. The molecule has 4 rings (SSSR count). The molecule has 0 atom stereocenters. The fraction of sp³-hybridized carbons (Fsp3) is 0.125. The number of aryl methyl sites for hydroxylation is 1. The van der Waals surface area contributed by atoms with Gasteiger partial charge in [-0.3, -0.25) is 4.79 Å². The maximum atomic E-state index is 12.6. The van der Waals surface area contributed by atoms with Gasteiger partial charge in [0.1, 0.15) is 5.75 Å². The third-order valence-electron chi connectivity index (χ3n) is 4.83. The summed E-state index contributed by atoms with van der Waals surface area (Å²) in [5.41, 5.74) is 2.99. The summed E-state index contributed by atoms with van der Waals surface area (Å²) in [6.07, 6.45) is -4.82. The minimum absolute atomic E-state index is 0.129. The minimum Gasteiger partial charge on any atom is -0.416 e. The highest BCUT2D eigenvalue weighted by atomic mass is 19.4. The summed E-state index contributed by atoms with van der Waals surface area (Å²) < 4.78 is 47.4. The van der Waals surface area contributed by atoms with Gasteiger partial charge in [0, 0.05) is 28.8 Å². The predicted molar refractivity (Wildman–Crippen MR) is 114 cm³/mol. The van der Waals surface area contributed by atoms with E-state index < -0.39 is 12.3 Å². The number of rotatable bonds is 6. The molecule has 0 saturated carbocycles. The van der Waals surface area contributed by atoms with E-state index in [4.69, 9.17) is 4.42 Å². The molecule has 1 heterocycles. The van der Waals surface area contributed by atoms with Crippen molar-refractivity contribution < 1.29 is 27.1 Å². The highest BCUT2D eigenvalue weighted by Crippen LogP contribution is 2.27. The second-order valence-electron chi connectivity index (χ2n) is 7.14. The quantitative estimate of drug-likeness (QED) is 0.415. The molecule has 0 radical (unpaired) electrons. The topological polar surface area (TPSA) is 77.2 Å². The summed E-state index contributed by atoms with van der Waals surface area (Å²) in [6.45, 7) is 1.82. The zero-order chi connectivity index (χ0) is 23.4. The number of alkyl halides is 3. The monoisotopic (exact) mass is 453 g/mol. The van der Waals surface area contributed by atoms with Crippen LogP contribution in [0.2, 0.25) is 0 Å². The van der Waals surface area contributed by atoms with E-state index in [0.717, 1.165) is 11.1 Å². The van der Waals surface area contributed by atoms with Crippen LogP contribution in [0.4, 0.5) is 13.2 Å². The molecule has 1 aromatic heterocycles. The van der Waals surface area contributed by atoms with Crippen molar-refractivity contribution in [1.29, 1.82) is 0 Å². The van der Waals surface area contributed by atoms with E-state index in [2.05, 4.69) is 20.3 Å². The van der Waals surface area contributed by atoms with Gasteiger partial charge in [-0.15, -0.1) is 23.4 Å². The summed E-state index contributed by atoms with van der Waals surface area (Å²) in [6, 6.07) is 19.7. The number of carbonyl (C=O) groups is 1. The lowest BCUT2D eigenvalue weighted by Crippen LogP contribution is -2.24. The maximum Gasteiger partial charge on any atom is 0.573 e. The molecule has 6 nitrogen and oxygen atoms in total. The average Bonchev–Trinajstić information content (AvgIpc) is 3.28. The molecule has 0 saturated heterocycles. The molecule has 4 aromatic rings. The van der Waals surface area contributed by atoms with Crippen molar-refractivity contribution in [3.63, 3.8) is 0 Å². The number of nitrogens with one attached hydrogen (secondary N) is 1. The Hall–Kier alpha value is -4.14. The van der Waals surface area contributed by atoms with Crippen LogP contribution in [0.5, 0.6) is 5.75 Å². The van der Waals surface area contributed by atoms with Gasteiger partial charge < -0.3 is 14.5 Å². The number of amides is 1. The Morgan fingerprint density at radius 3 is 2.33 bits per heavy atom. The number of hydrogen-bond donors (Lipinski definition) is 1. The number of benzene rings is 3. The Bertz CT molecular complexity index is 1270. The first-order chi connectivity index (χ1) is 15.8. The summed E-state index contributed by atoms with van der Waals surface area (Å²) in [5, 5.41) is 10.8. The van der Waals surface area contributed by atoms with Gasteiger partial charge in [0.05, 0.1) is 0 Å². The lowest BCUT2D eigenvalue weighted by molar-refractivity contribution is -0.274. The van der Waals surface area contributed by atoms with E-state index in [1.807, 2.05) is 31.2 Å². The molecule has 0 unspecified atom stereocenters. The van der Waals surface area contributed by atoms with Crippen molar-refractivity contribution in [3.8, 4) is 28.7 Å². The van der Waals surface area contributed by atoms with E-state index in [0.29, 0.717) is 22.9 Å². The molecule has 0 fully saturated rings.